The molecule has 0 fully saturated rings. The van der Waals surface area contributed by atoms with Gasteiger partial charge in [0, 0.05) is 4.88 Å². The lowest BCUT2D eigenvalue weighted by Crippen LogP contribution is -2.39. The molecule has 1 unspecified atom stereocenters. The van der Waals surface area contributed by atoms with Gasteiger partial charge in [-0.25, -0.2) is 4.98 Å². The number of hydrogen-bond acceptors (Lipinski definition) is 3. The number of fused-ring (bicyclic) bond motifs is 1. The maximum absolute atomic E-state index is 4.82. The van der Waals surface area contributed by atoms with Crippen molar-refractivity contribution in [2.45, 2.75) is 39.2 Å². The van der Waals surface area contributed by atoms with E-state index in [1.165, 1.54) is 26.6 Å². The van der Waals surface area contributed by atoms with Gasteiger partial charge < -0.3 is 5.32 Å². The van der Waals surface area contributed by atoms with Gasteiger partial charge in [-0.05, 0) is 51.8 Å². The lowest BCUT2D eigenvalue weighted by atomic mass is 9.91. The zero-order chi connectivity index (χ0) is 13.6. The highest BCUT2D eigenvalue weighted by Gasteiger charge is 2.41. The van der Waals surface area contributed by atoms with Gasteiger partial charge in [-0.15, -0.1) is 11.3 Å². The van der Waals surface area contributed by atoms with Crippen LogP contribution >= 0.6 is 11.3 Å². The fraction of sp³-hybridized carbons (Fsp3) is 0.438. The molecule has 1 aliphatic rings. The Hall–Kier alpha value is -1.19. The van der Waals surface area contributed by atoms with Gasteiger partial charge in [-0.1, -0.05) is 23.8 Å². The molecule has 0 aliphatic heterocycles. The van der Waals surface area contributed by atoms with Crippen LogP contribution in [0.1, 0.15) is 38.7 Å². The van der Waals surface area contributed by atoms with E-state index in [1.807, 2.05) is 11.3 Å². The number of aryl methyl sites for hydroxylation is 4. The number of thiazole rings is 1. The third kappa shape index (κ3) is 1.84. The van der Waals surface area contributed by atoms with Crippen molar-refractivity contribution in [2.24, 2.45) is 0 Å². The van der Waals surface area contributed by atoms with Gasteiger partial charge in [0.1, 0.15) is 5.01 Å². The summed E-state index contributed by atoms with van der Waals surface area (Å²) in [6, 6.07) is 6.81. The Morgan fingerprint density at radius 2 is 2.05 bits per heavy atom. The van der Waals surface area contributed by atoms with E-state index in [-0.39, 0.29) is 5.54 Å². The zero-order valence-electron chi connectivity index (χ0n) is 12.0. The summed E-state index contributed by atoms with van der Waals surface area (Å²) < 4.78 is 0. The van der Waals surface area contributed by atoms with Gasteiger partial charge in [-0.3, -0.25) is 0 Å². The summed E-state index contributed by atoms with van der Waals surface area (Å²) in [5.74, 6) is 0. The van der Waals surface area contributed by atoms with Crippen LogP contribution in [0.3, 0.4) is 0 Å². The molecule has 100 valence electrons. The zero-order valence-corrected chi connectivity index (χ0v) is 12.8. The van der Waals surface area contributed by atoms with Gasteiger partial charge in [0.25, 0.3) is 0 Å². The number of benzene rings is 1. The standard InChI is InChI=1S/C16H20N2S/c1-10-5-6-13-7-8-16(17-4,14(13)9-10)15-18-11(2)12(3)19-15/h5-6,9,17H,7-8H2,1-4H3. The average molecular weight is 272 g/mol. The third-order valence-electron chi connectivity index (χ3n) is 4.31. The maximum Gasteiger partial charge on any atom is 0.118 e. The molecular formula is C16H20N2S. The van der Waals surface area contributed by atoms with Crippen LogP contribution in [-0.2, 0) is 12.0 Å². The van der Waals surface area contributed by atoms with E-state index in [0.717, 1.165) is 18.5 Å². The van der Waals surface area contributed by atoms with Gasteiger partial charge in [0.05, 0.1) is 11.2 Å². The number of hydrogen-bond donors (Lipinski definition) is 1. The molecule has 0 bridgehead atoms. The minimum atomic E-state index is -0.0783. The molecule has 1 aromatic heterocycles. The lowest BCUT2D eigenvalue weighted by molar-refractivity contribution is 0.433. The highest BCUT2D eigenvalue weighted by atomic mass is 32.1. The average Bonchev–Trinajstić information content (AvgIpc) is 2.92. The minimum Gasteiger partial charge on any atom is -0.305 e. The van der Waals surface area contributed by atoms with Crippen molar-refractivity contribution in [3.8, 4) is 0 Å². The van der Waals surface area contributed by atoms with E-state index >= 15 is 0 Å². The molecule has 1 aromatic carbocycles. The summed E-state index contributed by atoms with van der Waals surface area (Å²) in [5.41, 5.74) is 5.29. The molecular weight excluding hydrogens is 252 g/mol. The second-order valence-electron chi connectivity index (χ2n) is 5.48. The van der Waals surface area contributed by atoms with Gasteiger partial charge in [0.15, 0.2) is 0 Å². The number of aromatic nitrogens is 1. The predicted octanol–water partition coefficient (Wildman–Crippen LogP) is 3.48. The molecule has 1 atom stereocenters. The fourth-order valence-corrected chi connectivity index (χ4v) is 4.16. The van der Waals surface area contributed by atoms with E-state index in [0.29, 0.717) is 0 Å². The second-order valence-corrected chi connectivity index (χ2v) is 6.68. The lowest BCUT2D eigenvalue weighted by Gasteiger charge is -2.28. The van der Waals surface area contributed by atoms with Crippen LogP contribution in [0.4, 0.5) is 0 Å². The SMILES string of the molecule is CNC1(c2nc(C)c(C)s2)CCc2ccc(C)cc21. The Labute approximate surface area is 118 Å². The van der Waals surface area contributed by atoms with E-state index in [9.17, 15) is 0 Å². The van der Waals surface area contributed by atoms with Gasteiger partial charge in [0.2, 0.25) is 0 Å². The summed E-state index contributed by atoms with van der Waals surface area (Å²) in [5, 5.41) is 4.78. The summed E-state index contributed by atoms with van der Waals surface area (Å²) in [4.78, 5) is 6.14. The van der Waals surface area contributed by atoms with E-state index < -0.39 is 0 Å². The second kappa shape index (κ2) is 4.43. The Balaban J connectivity index is 2.19. The fourth-order valence-electron chi connectivity index (χ4n) is 3.01. The normalized spacial score (nSPS) is 21.7. The molecule has 19 heavy (non-hydrogen) atoms. The van der Waals surface area contributed by atoms with E-state index in [1.54, 1.807) is 0 Å². The highest BCUT2D eigenvalue weighted by Crippen LogP contribution is 2.43. The Kier molecular flexibility index (Phi) is 2.99. The Bertz CT molecular complexity index is 610. The molecule has 0 amide bonds. The number of rotatable bonds is 2. The van der Waals surface area contributed by atoms with Crippen molar-refractivity contribution in [2.75, 3.05) is 7.05 Å². The minimum absolute atomic E-state index is 0.0783. The van der Waals surface area contributed by atoms with Gasteiger partial charge in [-0.2, -0.15) is 0 Å². The van der Waals surface area contributed by atoms with Crippen LogP contribution in [0.15, 0.2) is 18.2 Å². The first-order valence-corrected chi connectivity index (χ1v) is 7.62. The topological polar surface area (TPSA) is 24.9 Å². The molecule has 2 aromatic rings. The van der Waals surface area contributed by atoms with Crippen LogP contribution in [-0.4, -0.2) is 12.0 Å². The Morgan fingerprint density at radius 1 is 1.26 bits per heavy atom. The summed E-state index contributed by atoms with van der Waals surface area (Å²) in [6.07, 6.45) is 2.24. The van der Waals surface area contributed by atoms with Crippen LogP contribution in [0.2, 0.25) is 0 Å². The van der Waals surface area contributed by atoms with Crippen LogP contribution in [0.25, 0.3) is 0 Å². The summed E-state index contributed by atoms with van der Waals surface area (Å²) >= 11 is 1.83. The molecule has 1 N–H and O–H groups in total. The molecule has 0 spiro atoms. The number of nitrogens with zero attached hydrogens (tertiary/aromatic N) is 1. The van der Waals surface area contributed by atoms with Crippen LogP contribution in [0, 0.1) is 20.8 Å². The largest absolute Gasteiger partial charge is 0.305 e. The molecule has 0 saturated carbocycles. The van der Waals surface area contributed by atoms with E-state index in [4.69, 9.17) is 4.98 Å². The van der Waals surface area contributed by atoms with Crippen LogP contribution in [0.5, 0.6) is 0 Å². The highest BCUT2D eigenvalue weighted by molar-refractivity contribution is 7.11. The quantitative estimate of drug-likeness (QED) is 0.905. The molecule has 1 heterocycles. The summed E-state index contributed by atoms with van der Waals surface area (Å²) in [7, 11) is 2.06. The van der Waals surface area contributed by atoms with Crippen molar-refractivity contribution in [1.82, 2.24) is 10.3 Å². The molecule has 2 nitrogen and oxygen atoms in total. The van der Waals surface area contributed by atoms with Crippen molar-refractivity contribution in [3.05, 3.63) is 50.5 Å². The van der Waals surface area contributed by atoms with Crippen molar-refractivity contribution in [1.29, 1.82) is 0 Å². The van der Waals surface area contributed by atoms with Crippen molar-refractivity contribution in [3.63, 3.8) is 0 Å². The first-order chi connectivity index (χ1) is 9.06. The Morgan fingerprint density at radius 3 is 2.68 bits per heavy atom. The number of nitrogens with one attached hydrogen (secondary N) is 1. The van der Waals surface area contributed by atoms with Crippen molar-refractivity contribution >= 4 is 11.3 Å². The van der Waals surface area contributed by atoms with Crippen LogP contribution < -0.4 is 5.32 Å². The summed E-state index contributed by atoms with van der Waals surface area (Å²) in [6.45, 7) is 6.42. The first-order valence-electron chi connectivity index (χ1n) is 6.80. The first kappa shape index (κ1) is 12.8. The third-order valence-corrected chi connectivity index (χ3v) is 5.55. The van der Waals surface area contributed by atoms with E-state index in [2.05, 4.69) is 51.3 Å². The smallest absolute Gasteiger partial charge is 0.118 e. The molecule has 0 saturated heterocycles. The molecule has 0 radical (unpaired) electrons. The predicted molar refractivity (Wildman–Crippen MR) is 80.9 cm³/mol. The van der Waals surface area contributed by atoms with Crippen molar-refractivity contribution < 1.29 is 0 Å². The maximum atomic E-state index is 4.82. The monoisotopic (exact) mass is 272 g/mol. The molecule has 3 heteroatoms. The van der Waals surface area contributed by atoms with Gasteiger partial charge >= 0.3 is 0 Å². The molecule has 3 rings (SSSR count). The molecule has 1 aliphatic carbocycles.